The van der Waals surface area contributed by atoms with E-state index in [1.54, 1.807) is 6.20 Å². The van der Waals surface area contributed by atoms with E-state index in [4.69, 9.17) is 5.26 Å². The van der Waals surface area contributed by atoms with Crippen molar-refractivity contribution in [1.29, 1.82) is 5.26 Å². The summed E-state index contributed by atoms with van der Waals surface area (Å²) >= 11 is 0. The Morgan fingerprint density at radius 2 is 2.00 bits per heavy atom. The first-order valence-corrected chi connectivity index (χ1v) is 5.96. The molecule has 0 fully saturated rings. The van der Waals surface area contributed by atoms with Gasteiger partial charge >= 0.3 is 0 Å². The molecule has 0 amide bonds. The lowest BCUT2D eigenvalue weighted by Gasteiger charge is -2.07. The van der Waals surface area contributed by atoms with Crippen LogP contribution in [0.25, 0.3) is 0 Å². The Hall–Kier alpha value is -2.41. The van der Waals surface area contributed by atoms with Gasteiger partial charge in [-0.25, -0.2) is 9.97 Å². The zero-order valence-electron chi connectivity index (χ0n) is 9.85. The first kappa shape index (κ1) is 10.7. The summed E-state index contributed by atoms with van der Waals surface area (Å²) in [5.41, 5.74) is 4.22. The number of hydrogen-bond acceptors (Lipinski definition) is 4. The maximum Gasteiger partial charge on any atom is 0.158 e. The number of rotatable bonds is 2. The maximum atomic E-state index is 8.65. The van der Waals surface area contributed by atoms with Crippen LogP contribution in [0.1, 0.15) is 23.2 Å². The summed E-state index contributed by atoms with van der Waals surface area (Å²) in [7, 11) is 0. The predicted molar refractivity (Wildman–Crippen MR) is 68.5 cm³/mol. The molecule has 0 saturated carbocycles. The average molecular weight is 236 g/mol. The number of benzene rings is 1. The molecule has 0 radical (unpaired) electrons. The highest BCUT2D eigenvalue weighted by molar-refractivity contribution is 5.58. The van der Waals surface area contributed by atoms with Crippen LogP contribution in [0.2, 0.25) is 0 Å². The van der Waals surface area contributed by atoms with Crippen LogP contribution >= 0.6 is 0 Å². The van der Waals surface area contributed by atoms with Crippen LogP contribution in [0.5, 0.6) is 0 Å². The number of hydrogen-bond donors (Lipinski definition) is 1. The average Bonchev–Trinajstić information content (AvgIpc) is 2.87. The molecule has 0 bridgehead atoms. The highest BCUT2D eigenvalue weighted by Gasteiger charge is 2.10. The zero-order chi connectivity index (χ0) is 12.4. The summed E-state index contributed by atoms with van der Waals surface area (Å²) in [6.45, 7) is 0. The summed E-state index contributed by atoms with van der Waals surface area (Å²) in [6, 6.07) is 8.35. The van der Waals surface area contributed by atoms with Gasteiger partial charge in [0.2, 0.25) is 0 Å². The summed E-state index contributed by atoms with van der Waals surface area (Å²) in [4.78, 5) is 8.12. The van der Waals surface area contributed by atoms with Crippen molar-refractivity contribution in [2.75, 3.05) is 5.32 Å². The molecule has 0 saturated heterocycles. The lowest BCUT2D eigenvalue weighted by molar-refractivity contribution is 0.912. The third-order valence-corrected chi connectivity index (χ3v) is 3.14. The van der Waals surface area contributed by atoms with E-state index in [-0.39, 0.29) is 0 Å². The molecule has 1 aromatic heterocycles. The van der Waals surface area contributed by atoms with Gasteiger partial charge in [0.1, 0.15) is 11.9 Å². The SMILES string of the molecule is N#Cc1cnc(Nc2ccc3c(c2)CCC3)cn1. The molecule has 88 valence electrons. The monoisotopic (exact) mass is 236 g/mol. The third kappa shape index (κ3) is 2.03. The third-order valence-electron chi connectivity index (χ3n) is 3.14. The van der Waals surface area contributed by atoms with Gasteiger partial charge < -0.3 is 5.32 Å². The molecular weight excluding hydrogens is 224 g/mol. The van der Waals surface area contributed by atoms with Crippen LogP contribution in [-0.4, -0.2) is 9.97 Å². The van der Waals surface area contributed by atoms with Crippen molar-refractivity contribution in [2.45, 2.75) is 19.3 Å². The van der Waals surface area contributed by atoms with Gasteiger partial charge in [0.05, 0.1) is 12.4 Å². The second-order valence-electron chi connectivity index (χ2n) is 4.36. The van der Waals surface area contributed by atoms with Crippen molar-refractivity contribution in [1.82, 2.24) is 9.97 Å². The Labute approximate surface area is 105 Å². The molecular formula is C14H12N4. The van der Waals surface area contributed by atoms with E-state index in [2.05, 4.69) is 33.5 Å². The molecule has 0 unspecified atom stereocenters. The molecule has 4 nitrogen and oxygen atoms in total. The Morgan fingerprint density at radius 3 is 2.78 bits per heavy atom. The van der Waals surface area contributed by atoms with Gasteiger partial charge in [-0.05, 0) is 42.5 Å². The molecule has 0 spiro atoms. The number of anilines is 2. The van der Waals surface area contributed by atoms with Gasteiger partial charge in [-0.15, -0.1) is 0 Å². The largest absolute Gasteiger partial charge is 0.339 e. The fourth-order valence-electron chi connectivity index (χ4n) is 2.25. The molecule has 1 heterocycles. The highest BCUT2D eigenvalue weighted by Crippen LogP contribution is 2.26. The number of aryl methyl sites for hydroxylation is 2. The first-order valence-electron chi connectivity index (χ1n) is 5.96. The van der Waals surface area contributed by atoms with Gasteiger partial charge in [0, 0.05) is 5.69 Å². The first-order chi connectivity index (χ1) is 8.85. The minimum atomic E-state index is 0.328. The van der Waals surface area contributed by atoms with Crippen LogP contribution in [0, 0.1) is 11.3 Å². The van der Waals surface area contributed by atoms with E-state index < -0.39 is 0 Å². The summed E-state index contributed by atoms with van der Waals surface area (Å²) in [5, 5.41) is 11.9. The van der Waals surface area contributed by atoms with E-state index in [1.807, 2.05) is 6.07 Å². The van der Waals surface area contributed by atoms with Crippen molar-refractivity contribution < 1.29 is 0 Å². The molecule has 1 N–H and O–H groups in total. The van der Waals surface area contributed by atoms with Crippen molar-refractivity contribution in [2.24, 2.45) is 0 Å². The fourth-order valence-corrected chi connectivity index (χ4v) is 2.25. The molecule has 0 atom stereocenters. The standard InChI is InChI=1S/C14H12N4/c15-7-13-8-17-14(9-16-13)18-12-5-4-10-2-1-3-11(10)6-12/h4-6,8-9H,1-3H2,(H,17,18). The number of nitrogens with zero attached hydrogens (tertiary/aromatic N) is 3. The van der Waals surface area contributed by atoms with Gasteiger partial charge in [-0.3, -0.25) is 0 Å². The second kappa shape index (κ2) is 4.46. The minimum absolute atomic E-state index is 0.328. The molecule has 2 aromatic rings. The summed E-state index contributed by atoms with van der Waals surface area (Å²) in [5.74, 6) is 0.659. The number of nitriles is 1. The Balaban J connectivity index is 1.81. The van der Waals surface area contributed by atoms with Crippen molar-refractivity contribution in [3.05, 3.63) is 47.4 Å². The molecule has 3 rings (SSSR count). The molecule has 1 aliphatic carbocycles. The zero-order valence-corrected chi connectivity index (χ0v) is 9.85. The maximum absolute atomic E-state index is 8.65. The van der Waals surface area contributed by atoms with Gasteiger partial charge in [0.15, 0.2) is 5.69 Å². The number of nitrogens with one attached hydrogen (secondary N) is 1. The Kier molecular flexibility index (Phi) is 2.66. The summed E-state index contributed by atoms with van der Waals surface area (Å²) < 4.78 is 0. The van der Waals surface area contributed by atoms with Crippen molar-refractivity contribution in [3.8, 4) is 6.07 Å². The fraction of sp³-hybridized carbons (Fsp3) is 0.214. The molecule has 1 aliphatic rings. The van der Waals surface area contributed by atoms with Gasteiger partial charge in [0.25, 0.3) is 0 Å². The van der Waals surface area contributed by atoms with Crippen molar-refractivity contribution >= 4 is 11.5 Å². The van der Waals surface area contributed by atoms with E-state index in [9.17, 15) is 0 Å². The lowest BCUT2D eigenvalue weighted by Crippen LogP contribution is -1.96. The van der Waals surface area contributed by atoms with E-state index in [1.165, 1.54) is 30.2 Å². The van der Waals surface area contributed by atoms with E-state index >= 15 is 0 Å². The van der Waals surface area contributed by atoms with E-state index in [0.29, 0.717) is 11.5 Å². The van der Waals surface area contributed by atoms with Gasteiger partial charge in [-0.1, -0.05) is 6.07 Å². The molecule has 1 aromatic carbocycles. The van der Waals surface area contributed by atoms with Gasteiger partial charge in [-0.2, -0.15) is 5.26 Å². The predicted octanol–water partition coefficient (Wildman–Crippen LogP) is 2.58. The minimum Gasteiger partial charge on any atom is -0.339 e. The van der Waals surface area contributed by atoms with Crippen LogP contribution in [0.3, 0.4) is 0 Å². The quantitative estimate of drug-likeness (QED) is 0.870. The molecule has 0 aliphatic heterocycles. The Morgan fingerprint density at radius 1 is 1.11 bits per heavy atom. The lowest BCUT2D eigenvalue weighted by atomic mass is 10.1. The smallest absolute Gasteiger partial charge is 0.158 e. The highest BCUT2D eigenvalue weighted by atomic mass is 15.0. The topological polar surface area (TPSA) is 61.6 Å². The number of aromatic nitrogens is 2. The summed E-state index contributed by atoms with van der Waals surface area (Å²) in [6.07, 6.45) is 6.63. The van der Waals surface area contributed by atoms with Crippen LogP contribution in [0.15, 0.2) is 30.6 Å². The molecule has 4 heteroatoms. The molecule has 18 heavy (non-hydrogen) atoms. The van der Waals surface area contributed by atoms with Crippen molar-refractivity contribution in [3.63, 3.8) is 0 Å². The van der Waals surface area contributed by atoms with Crippen LogP contribution in [-0.2, 0) is 12.8 Å². The normalized spacial score (nSPS) is 12.8. The second-order valence-corrected chi connectivity index (χ2v) is 4.36. The van der Waals surface area contributed by atoms with Crippen LogP contribution in [0.4, 0.5) is 11.5 Å². The Bertz CT molecular complexity index is 611. The number of fused-ring (bicyclic) bond motifs is 1. The van der Waals surface area contributed by atoms with E-state index in [0.717, 1.165) is 12.1 Å². The van der Waals surface area contributed by atoms with Crippen LogP contribution < -0.4 is 5.32 Å².